The average Bonchev–Trinajstić information content (AvgIpc) is 2.92. The molecule has 0 saturated carbocycles. The highest BCUT2D eigenvalue weighted by molar-refractivity contribution is 9.10. The lowest BCUT2D eigenvalue weighted by Gasteiger charge is -2.20. The fourth-order valence-electron chi connectivity index (χ4n) is 2.75. The van der Waals surface area contributed by atoms with Gasteiger partial charge in [-0.2, -0.15) is 0 Å². The first-order valence-electron chi connectivity index (χ1n) is 7.44. The van der Waals surface area contributed by atoms with Gasteiger partial charge in [-0.1, -0.05) is 13.0 Å². The van der Waals surface area contributed by atoms with Gasteiger partial charge in [0, 0.05) is 13.1 Å². The van der Waals surface area contributed by atoms with Crippen molar-refractivity contribution >= 4 is 15.9 Å². The predicted octanol–water partition coefficient (Wildman–Crippen LogP) is 3.28. The first kappa shape index (κ1) is 15.8. The van der Waals surface area contributed by atoms with Crippen LogP contribution in [0.3, 0.4) is 0 Å². The highest BCUT2D eigenvalue weighted by Crippen LogP contribution is 2.25. The Bertz CT molecular complexity index is 419. The van der Waals surface area contributed by atoms with Crippen molar-refractivity contribution in [3.8, 4) is 5.75 Å². The van der Waals surface area contributed by atoms with Crippen molar-refractivity contribution in [3.05, 3.63) is 28.2 Å². The van der Waals surface area contributed by atoms with Gasteiger partial charge < -0.3 is 15.0 Å². The van der Waals surface area contributed by atoms with E-state index >= 15 is 0 Å². The van der Waals surface area contributed by atoms with Gasteiger partial charge >= 0.3 is 0 Å². The van der Waals surface area contributed by atoms with E-state index in [-0.39, 0.29) is 0 Å². The molecule has 0 aliphatic carbocycles. The van der Waals surface area contributed by atoms with Gasteiger partial charge in [0.1, 0.15) is 5.75 Å². The molecule has 4 heteroatoms. The quantitative estimate of drug-likeness (QED) is 0.824. The molecule has 1 aromatic rings. The van der Waals surface area contributed by atoms with Gasteiger partial charge in [-0.15, -0.1) is 0 Å². The van der Waals surface area contributed by atoms with Crippen molar-refractivity contribution in [2.75, 3.05) is 33.3 Å². The van der Waals surface area contributed by atoms with Gasteiger partial charge in [-0.3, -0.25) is 0 Å². The maximum Gasteiger partial charge on any atom is 0.133 e. The molecule has 112 valence electrons. The predicted molar refractivity (Wildman–Crippen MR) is 87.2 cm³/mol. The van der Waals surface area contributed by atoms with E-state index < -0.39 is 0 Å². The highest BCUT2D eigenvalue weighted by atomic mass is 79.9. The van der Waals surface area contributed by atoms with Crippen LogP contribution in [-0.4, -0.2) is 38.2 Å². The summed E-state index contributed by atoms with van der Waals surface area (Å²) in [5, 5.41) is 3.55. The summed E-state index contributed by atoms with van der Waals surface area (Å²) in [4.78, 5) is 2.58. The topological polar surface area (TPSA) is 24.5 Å². The lowest BCUT2D eigenvalue weighted by molar-refractivity contribution is 0.282. The standard InChI is InChI=1S/C16H25BrN2O/c1-13(12-19-7-3-4-8-19)10-18-11-14-5-6-16(20-2)15(17)9-14/h5-6,9,13,18H,3-4,7-8,10-12H2,1-2H3. The number of benzene rings is 1. The fraction of sp³-hybridized carbons (Fsp3) is 0.625. The van der Waals surface area contributed by atoms with Crippen molar-refractivity contribution in [2.24, 2.45) is 5.92 Å². The number of methoxy groups -OCH3 is 1. The third-order valence-corrected chi connectivity index (χ3v) is 4.43. The molecule has 2 rings (SSSR count). The molecule has 0 spiro atoms. The summed E-state index contributed by atoms with van der Waals surface area (Å²) in [7, 11) is 1.69. The highest BCUT2D eigenvalue weighted by Gasteiger charge is 2.14. The van der Waals surface area contributed by atoms with Crippen LogP contribution in [0.25, 0.3) is 0 Å². The molecule has 1 saturated heterocycles. The van der Waals surface area contributed by atoms with Crippen LogP contribution in [-0.2, 0) is 6.54 Å². The van der Waals surface area contributed by atoms with Crippen LogP contribution in [0.1, 0.15) is 25.3 Å². The number of likely N-dealkylation sites (tertiary alicyclic amines) is 1. The molecule has 3 nitrogen and oxygen atoms in total. The normalized spacial score (nSPS) is 17.4. The Morgan fingerprint density at radius 2 is 2.10 bits per heavy atom. The van der Waals surface area contributed by atoms with Crippen LogP contribution in [0.4, 0.5) is 0 Å². The number of nitrogens with one attached hydrogen (secondary N) is 1. The smallest absolute Gasteiger partial charge is 0.133 e. The minimum Gasteiger partial charge on any atom is -0.496 e. The molecular weight excluding hydrogens is 316 g/mol. The number of hydrogen-bond acceptors (Lipinski definition) is 3. The first-order chi connectivity index (χ1) is 9.69. The Hall–Kier alpha value is -0.580. The van der Waals surface area contributed by atoms with Gasteiger partial charge in [0.15, 0.2) is 0 Å². The number of nitrogens with zero attached hydrogens (tertiary/aromatic N) is 1. The van der Waals surface area contributed by atoms with Gasteiger partial charge in [0.25, 0.3) is 0 Å². The number of ether oxygens (including phenoxy) is 1. The zero-order valence-corrected chi connectivity index (χ0v) is 14.1. The third kappa shape index (κ3) is 4.76. The Morgan fingerprint density at radius 3 is 2.75 bits per heavy atom. The first-order valence-corrected chi connectivity index (χ1v) is 8.24. The monoisotopic (exact) mass is 340 g/mol. The molecule has 0 aromatic heterocycles. The summed E-state index contributed by atoms with van der Waals surface area (Å²) < 4.78 is 6.26. The largest absolute Gasteiger partial charge is 0.496 e. The summed E-state index contributed by atoms with van der Waals surface area (Å²) in [6.07, 6.45) is 2.75. The van der Waals surface area contributed by atoms with E-state index in [1.165, 1.54) is 38.0 Å². The van der Waals surface area contributed by atoms with Crippen molar-refractivity contribution in [2.45, 2.75) is 26.3 Å². The van der Waals surface area contributed by atoms with Gasteiger partial charge in [-0.25, -0.2) is 0 Å². The van der Waals surface area contributed by atoms with E-state index in [4.69, 9.17) is 4.74 Å². The number of halogens is 1. The molecule has 0 bridgehead atoms. The number of rotatable bonds is 7. The van der Waals surface area contributed by atoms with E-state index in [0.29, 0.717) is 5.92 Å². The SMILES string of the molecule is COc1ccc(CNCC(C)CN2CCCC2)cc1Br. The van der Waals surface area contributed by atoms with Gasteiger partial charge in [0.05, 0.1) is 11.6 Å². The third-order valence-electron chi connectivity index (χ3n) is 3.81. The maximum atomic E-state index is 5.24. The lowest BCUT2D eigenvalue weighted by atomic mass is 10.1. The van der Waals surface area contributed by atoms with Crippen LogP contribution < -0.4 is 10.1 Å². The van der Waals surface area contributed by atoms with Crippen molar-refractivity contribution in [1.29, 1.82) is 0 Å². The summed E-state index contributed by atoms with van der Waals surface area (Å²) in [6.45, 7) is 8.10. The van der Waals surface area contributed by atoms with E-state index in [2.05, 4.69) is 45.2 Å². The molecule has 20 heavy (non-hydrogen) atoms. The van der Waals surface area contributed by atoms with Crippen LogP contribution in [0.2, 0.25) is 0 Å². The summed E-state index contributed by atoms with van der Waals surface area (Å²) in [5.74, 6) is 1.59. The molecule has 1 aliphatic rings. The minimum atomic E-state index is 0.704. The second kappa shape index (κ2) is 8.01. The molecule has 1 heterocycles. The van der Waals surface area contributed by atoms with Crippen LogP contribution in [0, 0.1) is 5.92 Å². The van der Waals surface area contributed by atoms with E-state index in [1.807, 2.05) is 6.07 Å². The molecule has 1 aromatic carbocycles. The summed E-state index contributed by atoms with van der Waals surface area (Å²) in [6, 6.07) is 6.24. The van der Waals surface area contributed by atoms with Crippen molar-refractivity contribution in [1.82, 2.24) is 10.2 Å². The van der Waals surface area contributed by atoms with Crippen LogP contribution >= 0.6 is 15.9 Å². The molecule has 1 atom stereocenters. The Morgan fingerprint density at radius 1 is 1.35 bits per heavy atom. The second-order valence-electron chi connectivity index (χ2n) is 5.71. The maximum absolute atomic E-state index is 5.24. The zero-order chi connectivity index (χ0) is 14.4. The van der Waals surface area contributed by atoms with Crippen molar-refractivity contribution in [3.63, 3.8) is 0 Å². The second-order valence-corrected chi connectivity index (χ2v) is 6.57. The minimum absolute atomic E-state index is 0.704. The zero-order valence-electron chi connectivity index (χ0n) is 12.5. The van der Waals surface area contributed by atoms with E-state index in [1.54, 1.807) is 7.11 Å². The summed E-state index contributed by atoms with van der Waals surface area (Å²) >= 11 is 3.53. The van der Waals surface area contributed by atoms with Crippen molar-refractivity contribution < 1.29 is 4.74 Å². The Labute approximate surface area is 130 Å². The lowest BCUT2D eigenvalue weighted by Crippen LogP contribution is -2.31. The van der Waals surface area contributed by atoms with Gasteiger partial charge in [0.2, 0.25) is 0 Å². The van der Waals surface area contributed by atoms with E-state index in [9.17, 15) is 0 Å². The molecule has 1 N–H and O–H groups in total. The average molecular weight is 341 g/mol. The van der Waals surface area contributed by atoms with E-state index in [0.717, 1.165) is 23.3 Å². The molecule has 1 fully saturated rings. The fourth-order valence-corrected chi connectivity index (χ4v) is 3.34. The summed E-state index contributed by atoms with van der Waals surface area (Å²) in [5.41, 5.74) is 1.28. The molecule has 0 radical (unpaired) electrons. The molecular formula is C16H25BrN2O. The molecule has 1 aliphatic heterocycles. The molecule has 0 amide bonds. The Kier molecular flexibility index (Phi) is 6.33. The number of hydrogen-bond donors (Lipinski definition) is 1. The molecule has 1 unspecified atom stereocenters. The van der Waals surface area contributed by atoms with Crippen LogP contribution in [0.5, 0.6) is 5.75 Å². The Balaban J connectivity index is 1.70. The van der Waals surface area contributed by atoms with Gasteiger partial charge in [-0.05, 0) is 72.0 Å². The van der Waals surface area contributed by atoms with Crippen LogP contribution in [0.15, 0.2) is 22.7 Å².